The second-order valence-corrected chi connectivity index (χ2v) is 11.5. The summed E-state index contributed by atoms with van der Waals surface area (Å²) in [5.74, 6) is -8.68. The SMILES string of the molecule is CS(=O)(=O)c1ccc(S(=O)CC(=O)Nc2ccccc2SC(F)(F)C(F)(F)C(F)(F)F)c([N+](=O)[O-])c1. The van der Waals surface area contributed by atoms with Crippen LogP contribution in [0.2, 0.25) is 0 Å². The van der Waals surface area contributed by atoms with Crippen molar-refractivity contribution in [2.45, 2.75) is 32.0 Å². The van der Waals surface area contributed by atoms with Crippen LogP contribution in [0, 0.1) is 10.1 Å². The van der Waals surface area contributed by atoms with E-state index in [1.807, 2.05) is 5.32 Å². The van der Waals surface area contributed by atoms with Gasteiger partial charge in [-0.05, 0) is 36.0 Å². The minimum absolute atomic E-state index is 0.470. The molecule has 0 fully saturated rings. The predicted octanol–water partition coefficient (Wildman–Crippen LogP) is 4.63. The number of nitro groups is 1. The number of benzene rings is 2. The first-order chi connectivity index (χ1) is 16.3. The highest BCUT2D eigenvalue weighted by atomic mass is 32.2. The van der Waals surface area contributed by atoms with Gasteiger partial charge in [-0.2, -0.15) is 30.7 Å². The third-order valence-corrected chi connectivity index (χ3v) is 7.74. The van der Waals surface area contributed by atoms with Gasteiger partial charge in [0.2, 0.25) is 5.91 Å². The number of hydrogen-bond donors (Lipinski definition) is 1. The molecule has 1 atom stereocenters. The van der Waals surface area contributed by atoms with Crippen molar-refractivity contribution in [1.82, 2.24) is 0 Å². The quantitative estimate of drug-likeness (QED) is 0.198. The number of hydrogen-bond acceptors (Lipinski definition) is 7. The monoisotopic (exact) mass is 582 g/mol. The summed E-state index contributed by atoms with van der Waals surface area (Å²) in [5.41, 5.74) is -1.52. The topological polar surface area (TPSA) is 123 Å². The van der Waals surface area contributed by atoms with E-state index in [-0.39, 0.29) is 0 Å². The zero-order valence-corrected chi connectivity index (χ0v) is 20.0. The molecule has 1 N–H and O–H groups in total. The molecule has 2 rings (SSSR count). The van der Waals surface area contributed by atoms with Crippen LogP contribution in [0.25, 0.3) is 0 Å². The summed E-state index contributed by atoms with van der Waals surface area (Å²) >= 11 is -1.17. The number of nitrogens with one attached hydrogen (secondary N) is 1. The van der Waals surface area contributed by atoms with Crippen LogP contribution in [0.15, 0.2) is 57.2 Å². The van der Waals surface area contributed by atoms with E-state index in [0.29, 0.717) is 6.07 Å². The van der Waals surface area contributed by atoms with Crippen molar-refractivity contribution >= 4 is 49.7 Å². The lowest BCUT2D eigenvalue weighted by atomic mass is 10.3. The minimum atomic E-state index is -6.57. The van der Waals surface area contributed by atoms with Crippen molar-refractivity contribution in [3.8, 4) is 0 Å². The Morgan fingerprint density at radius 2 is 1.67 bits per heavy atom. The predicted molar refractivity (Wildman–Crippen MR) is 114 cm³/mol. The molecule has 198 valence electrons. The van der Waals surface area contributed by atoms with Crippen molar-refractivity contribution in [1.29, 1.82) is 0 Å². The zero-order valence-electron chi connectivity index (χ0n) is 17.5. The first kappa shape index (κ1) is 29.5. The number of amides is 1. The highest BCUT2D eigenvalue weighted by Crippen LogP contribution is 2.54. The maximum Gasteiger partial charge on any atom is 0.460 e. The van der Waals surface area contributed by atoms with E-state index in [4.69, 9.17) is 0 Å². The number of para-hydroxylation sites is 1. The molecule has 0 aromatic heterocycles. The van der Waals surface area contributed by atoms with E-state index < -0.39 is 92.4 Å². The number of thioether (sulfide) groups is 1. The van der Waals surface area contributed by atoms with Crippen molar-refractivity contribution in [3.05, 3.63) is 52.6 Å². The summed E-state index contributed by atoms with van der Waals surface area (Å²) in [6.07, 6.45) is -5.81. The Hall–Kier alpha value is -2.73. The molecule has 0 saturated carbocycles. The van der Waals surface area contributed by atoms with Gasteiger partial charge in [0.1, 0.15) is 10.6 Å². The molecule has 0 aliphatic heterocycles. The van der Waals surface area contributed by atoms with E-state index in [1.165, 1.54) is 0 Å². The fourth-order valence-corrected chi connectivity index (χ4v) is 5.06. The standard InChI is InChI=1S/C18H13F7N2O6S3/c1-36(32,33)10-6-7-14(12(8-10)27(29)30)35(31)9-15(28)26-11-4-2-3-5-13(11)34-18(24,25)16(19,20)17(21,22)23/h2-8H,9H2,1H3,(H,26,28). The number of carbonyl (C=O) groups is 1. The Kier molecular flexibility index (Phi) is 8.46. The summed E-state index contributed by atoms with van der Waals surface area (Å²) in [6, 6.07) is 6.13. The highest BCUT2D eigenvalue weighted by Gasteiger charge is 2.73. The lowest BCUT2D eigenvalue weighted by Gasteiger charge is -2.28. The first-order valence-corrected chi connectivity index (χ1v) is 13.1. The van der Waals surface area contributed by atoms with Crippen LogP contribution in [-0.2, 0) is 25.4 Å². The van der Waals surface area contributed by atoms with Gasteiger partial charge in [-0.1, -0.05) is 12.1 Å². The Bertz CT molecular complexity index is 1320. The summed E-state index contributed by atoms with van der Waals surface area (Å²) < 4.78 is 127. The molecule has 1 unspecified atom stereocenters. The van der Waals surface area contributed by atoms with Gasteiger partial charge < -0.3 is 5.32 Å². The normalized spacial score (nSPS) is 13.8. The molecule has 36 heavy (non-hydrogen) atoms. The first-order valence-electron chi connectivity index (χ1n) is 9.05. The van der Waals surface area contributed by atoms with Crippen LogP contribution in [0.3, 0.4) is 0 Å². The molecular weight excluding hydrogens is 569 g/mol. The highest BCUT2D eigenvalue weighted by molar-refractivity contribution is 8.00. The average molecular weight is 582 g/mol. The number of alkyl halides is 7. The third kappa shape index (κ3) is 6.52. The maximum absolute atomic E-state index is 13.8. The summed E-state index contributed by atoms with van der Waals surface area (Å²) in [6.45, 7) is 0. The molecule has 0 spiro atoms. The third-order valence-electron chi connectivity index (χ3n) is 4.18. The average Bonchev–Trinajstić information content (AvgIpc) is 2.72. The molecule has 2 aromatic rings. The summed E-state index contributed by atoms with van der Waals surface area (Å²) in [4.78, 5) is 20.6. The number of carbonyl (C=O) groups excluding carboxylic acids is 1. The van der Waals surface area contributed by atoms with Crippen LogP contribution in [0.5, 0.6) is 0 Å². The molecule has 0 aliphatic carbocycles. The Balaban J connectivity index is 2.28. The van der Waals surface area contributed by atoms with Crippen molar-refractivity contribution in [2.24, 2.45) is 0 Å². The maximum atomic E-state index is 13.8. The molecule has 8 nitrogen and oxygen atoms in total. The smallest absolute Gasteiger partial charge is 0.324 e. The van der Waals surface area contributed by atoms with E-state index in [2.05, 4.69) is 0 Å². The Morgan fingerprint density at radius 1 is 1.08 bits per heavy atom. The van der Waals surface area contributed by atoms with E-state index >= 15 is 0 Å². The van der Waals surface area contributed by atoms with E-state index in [0.717, 1.165) is 42.7 Å². The lowest BCUT2D eigenvalue weighted by molar-refractivity contribution is -0.388. The summed E-state index contributed by atoms with van der Waals surface area (Å²) in [7, 11) is -6.35. The van der Waals surface area contributed by atoms with Gasteiger partial charge in [-0.25, -0.2) is 8.42 Å². The lowest BCUT2D eigenvalue weighted by Crippen LogP contribution is -2.49. The molecule has 18 heteroatoms. The molecule has 1 amide bonds. The number of rotatable bonds is 9. The van der Waals surface area contributed by atoms with Crippen LogP contribution in [-0.4, -0.2) is 52.8 Å². The van der Waals surface area contributed by atoms with Crippen molar-refractivity contribution in [3.63, 3.8) is 0 Å². The van der Waals surface area contributed by atoms with Crippen molar-refractivity contribution < 1.29 is 53.1 Å². The Labute approximate surface area is 204 Å². The van der Waals surface area contributed by atoms with Crippen LogP contribution < -0.4 is 5.32 Å². The second-order valence-electron chi connectivity index (χ2n) is 6.88. The fourth-order valence-electron chi connectivity index (χ4n) is 2.47. The van der Waals surface area contributed by atoms with Gasteiger partial charge >= 0.3 is 17.4 Å². The molecular formula is C18H13F7N2O6S3. The molecule has 0 aliphatic rings. The van der Waals surface area contributed by atoms with Crippen molar-refractivity contribution in [2.75, 3.05) is 17.3 Å². The van der Waals surface area contributed by atoms with E-state index in [1.54, 1.807) is 0 Å². The molecule has 0 heterocycles. The Morgan fingerprint density at radius 3 is 2.19 bits per heavy atom. The number of halogens is 7. The molecule has 0 saturated heterocycles. The largest absolute Gasteiger partial charge is 0.460 e. The van der Waals surface area contributed by atoms with Gasteiger partial charge in [0.25, 0.3) is 5.69 Å². The fraction of sp³-hybridized carbons (Fsp3) is 0.278. The molecule has 0 bridgehead atoms. The van der Waals surface area contributed by atoms with Gasteiger partial charge in [0, 0.05) is 17.2 Å². The van der Waals surface area contributed by atoms with Gasteiger partial charge in [0.05, 0.1) is 26.3 Å². The summed E-state index contributed by atoms with van der Waals surface area (Å²) in [5, 5.41) is 7.53. The van der Waals surface area contributed by atoms with Gasteiger partial charge in [-0.15, -0.1) is 0 Å². The van der Waals surface area contributed by atoms with Crippen LogP contribution in [0.1, 0.15) is 0 Å². The number of nitrogens with zero attached hydrogens (tertiary/aromatic N) is 1. The molecule has 2 aromatic carbocycles. The number of nitro benzene ring substituents is 1. The van der Waals surface area contributed by atoms with E-state index in [9.17, 15) is 58.3 Å². The van der Waals surface area contributed by atoms with Gasteiger partial charge in [0.15, 0.2) is 9.84 Å². The van der Waals surface area contributed by atoms with Gasteiger partial charge in [-0.3, -0.25) is 19.1 Å². The molecule has 0 radical (unpaired) electrons. The minimum Gasteiger partial charge on any atom is -0.324 e. The number of sulfone groups is 1. The zero-order chi connectivity index (χ0) is 27.7. The van der Waals surface area contributed by atoms with Crippen LogP contribution in [0.4, 0.5) is 42.1 Å². The second kappa shape index (κ2) is 10.3. The number of anilines is 1. The van der Waals surface area contributed by atoms with Crippen LogP contribution >= 0.6 is 11.8 Å².